The van der Waals surface area contributed by atoms with E-state index in [4.69, 9.17) is 0 Å². The molecule has 2 aliphatic rings. The second kappa shape index (κ2) is 7.52. The highest BCUT2D eigenvalue weighted by Crippen LogP contribution is 2.23. The third-order valence-electron chi connectivity index (χ3n) is 5.45. The normalized spacial score (nSPS) is 17.4. The van der Waals surface area contributed by atoms with E-state index in [-0.39, 0.29) is 11.8 Å². The first kappa shape index (κ1) is 17.7. The minimum Gasteiger partial charge on any atom is -0.336 e. The highest BCUT2D eigenvalue weighted by atomic mass is 16.2. The molecule has 1 aromatic carbocycles. The third-order valence-corrected chi connectivity index (χ3v) is 5.45. The third kappa shape index (κ3) is 3.73. The van der Waals surface area contributed by atoms with Crippen LogP contribution in [-0.2, 0) is 12.8 Å². The Balaban J connectivity index is 1.41. The van der Waals surface area contributed by atoms with Crippen LogP contribution in [0.3, 0.4) is 0 Å². The Labute approximate surface area is 158 Å². The minimum atomic E-state index is -0.201. The van der Waals surface area contributed by atoms with E-state index in [0.717, 1.165) is 63.1 Å². The van der Waals surface area contributed by atoms with Gasteiger partial charge in [0.05, 0.1) is 0 Å². The Kier molecular flexibility index (Phi) is 4.94. The van der Waals surface area contributed by atoms with Gasteiger partial charge in [0, 0.05) is 48.7 Å². The molecule has 27 heavy (non-hydrogen) atoms. The quantitative estimate of drug-likeness (QED) is 0.869. The molecule has 0 spiro atoms. The molecule has 2 amide bonds. The number of likely N-dealkylation sites (N-methyl/N-ethyl adjacent to an activating group) is 1. The van der Waals surface area contributed by atoms with Gasteiger partial charge in [-0.15, -0.1) is 0 Å². The zero-order valence-electron chi connectivity index (χ0n) is 15.6. The summed E-state index contributed by atoms with van der Waals surface area (Å²) in [5.74, 6) is -0.158. The maximum Gasteiger partial charge on any atom is 0.276 e. The fraction of sp³-hybridized carbons (Fsp3) is 0.450. The number of aromatic nitrogens is 2. The van der Waals surface area contributed by atoms with Crippen LogP contribution in [0.15, 0.2) is 24.3 Å². The summed E-state index contributed by atoms with van der Waals surface area (Å²) in [6.45, 7) is 3.29. The summed E-state index contributed by atoms with van der Waals surface area (Å²) < 4.78 is 0. The van der Waals surface area contributed by atoms with E-state index in [9.17, 15) is 9.59 Å². The van der Waals surface area contributed by atoms with Crippen LogP contribution in [0.1, 0.15) is 44.9 Å². The minimum absolute atomic E-state index is 0.0438. The van der Waals surface area contributed by atoms with E-state index in [1.807, 2.05) is 4.90 Å². The Bertz CT molecular complexity index is 835. The van der Waals surface area contributed by atoms with Gasteiger partial charge < -0.3 is 15.1 Å². The molecule has 1 aromatic heterocycles. The molecule has 0 saturated carbocycles. The summed E-state index contributed by atoms with van der Waals surface area (Å²) in [5.41, 5.74) is 3.93. The van der Waals surface area contributed by atoms with Gasteiger partial charge in [-0.05, 0) is 57.0 Å². The van der Waals surface area contributed by atoms with Gasteiger partial charge >= 0.3 is 0 Å². The van der Waals surface area contributed by atoms with Crippen LogP contribution in [0.4, 0.5) is 5.69 Å². The first-order valence-corrected chi connectivity index (χ1v) is 9.57. The standard InChI is InChI=1S/C20H25N5O2/c1-24-10-12-25(13-11-24)20(27)14-6-8-15(9-7-14)21-19(26)18-16-4-2-3-5-17(16)22-23-18/h6-9H,2-5,10-13H2,1H3,(H,21,26)(H,22,23). The van der Waals surface area contributed by atoms with Gasteiger partial charge in [-0.3, -0.25) is 14.7 Å². The molecule has 1 saturated heterocycles. The smallest absolute Gasteiger partial charge is 0.276 e. The molecule has 4 rings (SSSR count). The molecule has 2 aromatic rings. The topological polar surface area (TPSA) is 81.3 Å². The van der Waals surface area contributed by atoms with Crippen LogP contribution in [-0.4, -0.2) is 65.0 Å². The van der Waals surface area contributed by atoms with Gasteiger partial charge in [-0.1, -0.05) is 0 Å². The Morgan fingerprint density at radius 3 is 2.48 bits per heavy atom. The second-order valence-corrected chi connectivity index (χ2v) is 7.36. The molecule has 1 fully saturated rings. The van der Waals surface area contributed by atoms with Gasteiger partial charge in [0.2, 0.25) is 0 Å². The van der Waals surface area contributed by atoms with Crippen molar-refractivity contribution in [2.45, 2.75) is 25.7 Å². The predicted molar refractivity (Wildman–Crippen MR) is 103 cm³/mol. The number of hydrogen-bond donors (Lipinski definition) is 2. The Hall–Kier alpha value is -2.67. The molecule has 2 heterocycles. The molecule has 0 bridgehead atoms. The molecule has 0 radical (unpaired) electrons. The number of aryl methyl sites for hydroxylation is 1. The van der Waals surface area contributed by atoms with E-state index in [0.29, 0.717) is 16.9 Å². The molecular weight excluding hydrogens is 342 g/mol. The van der Waals surface area contributed by atoms with E-state index in [1.54, 1.807) is 24.3 Å². The number of H-pyrrole nitrogens is 1. The summed E-state index contributed by atoms with van der Waals surface area (Å²) in [6.07, 6.45) is 4.08. The van der Waals surface area contributed by atoms with Crippen molar-refractivity contribution in [2.75, 3.05) is 38.5 Å². The monoisotopic (exact) mass is 367 g/mol. The van der Waals surface area contributed by atoms with Gasteiger partial charge in [0.25, 0.3) is 11.8 Å². The maximum atomic E-state index is 12.6. The average molecular weight is 367 g/mol. The Morgan fingerprint density at radius 1 is 1.04 bits per heavy atom. The maximum absolute atomic E-state index is 12.6. The van der Waals surface area contributed by atoms with Crippen molar-refractivity contribution in [3.63, 3.8) is 0 Å². The number of anilines is 1. The number of piperazine rings is 1. The van der Waals surface area contributed by atoms with E-state index in [1.165, 1.54) is 0 Å². The number of carbonyl (C=O) groups excluding carboxylic acids is 2. The number of benzene rings is 1. The lowest BCUT2D eigenvalue weighted by atomic mass is 9.96. The first-order valence-electron chi connectivity index (χ1n) is 9.57. The summed E-state index contributed by atoms with van der Waals surface area (Å²) in [5, 5.41) is 10.1. The van der Waals surface area contributed by atoms with Crippen LogP contribution in [0.2, 0.25) is 0 Å². The van der Waals surface area contributed by atoms with Crippen LogP contribution < -0.4 is 5.32 Å². The van der Waals surface area contributed by atoms with Crippen molar-refractivity contribution < 1.29 is 9.59 Å². The van der Waals surface area contributed by atoms with Crippen molar-refractivity contribution in [3.8, 4) is 0 Å². The van der Waals surface area contributed by atoms with E-state index < -0.39 is 0 Å². The molecule has 1 aliphatic heterocycles. The van der Waals surface area contributed by atoms with Crippen molar-refractivity contribution in [1.82, 2.24) is 20.0 Å². The average Bonchev–Trinajstić information content (AvgIpc) is 3.13. The number of nitrogens with one attached hydrogen (secondary N) is 2. The lowest BCUT2D eigenvalue weighted by Gasteiger charge is -2.32. The fourth-order valence-corrected chi connectivity index (χ4v) is 3.75. The fourth-order valence-electron chi connectivity index (χ4n) is 3.75. The van der Waals surface area contributed by atoms with E-state index >= 15 is 0 Å². The number of carbonyl (C=O) groups is 2. The summed E-state index contributed by atoms with van der Waals surface area (Å²) >= 11 is 0. The van der Waals surface area contributed by atoms with Crippen LogP contribution in [0.5, 0.6) is 0 Å². The van der Waals surface area contributed by atoms with E-state index in [2.05, 4.69) is 27.5 Å². The molecule has 0 atom stereocenters. The summed E-state index contributed by atoms with van der Waals surface area (Å²) in [4.78, 5) is 29.3. The molecule has 2 N–H and O–H groups in total. The van der Waals surface area contributed by atoms with Crippen molar-refractivity contribution in [1.29, 1.82) is 0 Å². The van der Waals surface area contributed by atoms with Gasteiger partial charge in [0.15, 0.2) is 5.69 Å². The van der Waals surface area contributed by atoms with Crippen molar-refractivity contribution in [2.24, 2.45) is 0 Å². The second-order valence-electron chi connectivity index (χ2n) is 7.36. The molecule has 7 nitrogen and oxygen atoms in total. The van der Waals surface area contributed by atoms with Crippen molar-refractivity contribution >= 4 is 17.5 Å². The van der Waals surface area contributed by atoms with Crippen LogP contribution in [0.25, 0.3) is 0 Å². The van der Waals surface area contributed by atoms with Gasteiger partial charge in [-0.25, -0.2) is 0 Å². The summed E-state index contributed by atoms with van der Waals surface area (Å²) in [6, 6.07) is 7.10. The Morgan fingerprint density at radius 2 is 1.74 bits per heavy atom. The lowest BCUT2D eigenvalue weighted by Crippen LogP contribution is -2.47. The highest BCUT2D eigenvalue weighted by Gasteiger charge is 2.22. The number of nitrogens with zero attached hydrogens (tertiary/aromatic N) is 3. The zero-order valence-corrected chi connectivity index (χ0v) is 15.6. The van der Waals surface area contributed by atoms with Crippen LogP contribution in [0, 0.1) is 0 Å². The number of fused-ring (bicyclic) bond motifs is 1. The molecule has 0 unspecified atom stereocenters. The number of hydrogen-bond acceptors (Lipinski definition) is 4. The largest absolute Gasteiger partial charge is 0.336 e. The molecule has 1 aliphatic carbocycles. The summed E-state index contributed by atoms with van der Waals surface area (Å²) in [7, 11) is 2.07. The highest BCUT2D eigenvalue weighted by molar-refractivity contribution is 6.04. The molecule has 142 valence electrons. The zero-order chi connectivity index (χ0) is 18.8. The first-order chi connectivity index (χ1) is 13.1. The molecule has 7 heteroatoms. The van der Waals surface area contributed by atoms with Gasteiger partial charge in [0.1, 0.15) is 0 Å². The van der Waals surface area contributed by atoms with Crippen molar-refractivity contribution in [3.05, 3.63) is 46.8 Å². The SMILES string of the molecule is CN1CCN(C(=O)c2ccc(NC(=O)c3n[nH]c4c3CCCC4)cc2)CC1. The molecular formula is C20H25N5O2. The predicted octanol–water partition coefficient (Wildman–Crippen LogP) is 1.93. The van der Waals surface area contributed by atoms with Gasteiger partial charge in [-0.2, -0.15) is 5.10 Å². The number of aromatic amines is 1. The number of amides is 2. The number of rotatable bonds is 3. The van der Waals surface area contributed by atoms with Crippen LogP contribution >= 0.6 is 0 Å². The lowest BCUT2D eigenvalue weighted by molar-refractivity contribution is 0.0664.